The Labute approximate surface area is 206 Å². The molecule has 3 fully saturated rings. The topological polar surface area (TPSA) is 104 Å². The first-order valence-electron chi connectivity index (χ1n) is 13.6. The van der Waals surface area contributed by atoms with Crippen LogP contribution in [0.25, 0.3) is 0 Å². The van der Waals surface area contributed by atoms with E-state index in [1.54, 1.807) is 0 Å². The third-order valence-corrected chi connectivity index (χ3v) is 11.0. The van der Waals surface area contributed by atoms with Gasteiger partial charge in [-0.2, -0.15) is 8.42 Å². The molecule has 0 heterocycles. The van der Waals surface area contributed by atoms with Gasteiger partial charge < -0.3 is 10.2 Å². The summed E-state index contributed by atoms with van der Waals surface area (Å²) in [4.78, 5) is 0. The van der Waals surface area contributed by atoms with E-state index in [0.717, 1.165) is 63.4 Å². The molecule has 7 heteroatoms. The second-order valence-corrected chi connectivity index (χ2v) is 13.9. The highest BCUT2D eigenvalue weighted by atomic mass is 32.3. The molecule has 0 aromatic rings. The highest BCUT2D eigenvalue weighted by molar-refractivity contribution is 7.80. The van der Waals surface area contributed by atoms with Gasteiger partial charge in [0.2, 0.25) is 0 Å². The van der Waals surface area contributed by atoms with Crippen molar-refractivity contribution in [3.63, 3.8) is 0 Å². The van der Waals surface area contributed by atoms with Gasteiger partial charge in [-0.25, -0.2) is 4.18 Å². The lowest BCUT2D eigenvalue weighted by Gasteiger charge is -2.59. The summed E-state index contributed by atoms with van der Waals surface area (Å²) < 4.78 is 37.0. The molecule has 196 valence electrons. The van der Waals surface area contributed by atoms with E-state index < -0.39 is 22.6 Å². The van der Waals surface area contributed by atoms with E-state index in [4.69, 9.17) is 4.18 Å². The standard InChI is InChI=1S/C27H46O6S/c1-17(2)6-5-7-18(16-33-34(30,31)32)20-10-11-21-19-8-9-23-25(29)24(28)13-15-27(23,4)22(19)12-14-26(20,21)3/h9,17-22,24-25,28-29H,5-8,10-16H2,1-4H3,(H,30,31,32)/t18?,19?,20?,21?,22?,24?,25?,26-,27-/m1/s1. The molecule has 3 saturated carbocycles. The van der Waals surface area contributed by atoms with Crippen LogP contribution in [0, 0.1) is 46.3 Å². The van der Waals surface area contributed by atoms with Crippen LogP contribution in [0.3, 0.4) is 0 Å². The number of allylic oxidation sites excluding steroid dienone is 1. The summed E-state index contributed by atoms with van der Waals surface area (Å²) in [5.41, 5.74) is 1.17. The van der Waals surface area contributed by atoms with Crippen LogP contribution in [0.4, 0.5) is 0 Å². The first kappa shape index (κ1) is 26.6. The molecule has 4 rings (SSSR count). The normalized spacial score (nSPS) is 43.1. The zero-order valence-electron chi connectivity index (χ0n) is 21.4. The molecule has 3 N–H and O–H groups in total. The third-order valence-electron chi connectivity index (χ3n) is 10.6. The molecule has 0 aromatic heterocycles. The molecule has 0 bridgehead atoms. The summed E-state index contributed by atoms with van der Waals surface area (Å²) in [6, 6.07) is 0. The molecular weight excluding hydrogens is 452 g/mol. The Bertz CT molecular complexity index is 868. The summed E-state index contributed by atoms with van der Waals surface area (Å²) >= 11 is 0. The Morgan fingerprint density at radius 1 is 1.06 bits per heavy atom. The maximum Gasteiger partial charge on any atom is 0.397 e. The summed E-state index contributed by atoms with van der Waals surface area (Å²) in [7, 11) is -4.44. The van der Waals surface area contributed by atoms with Crippen molar-refractivity contribution in [2.75, 3.05) is 6.61 Å². The van der Waals surface area contributed by atoms with Crippen molar-refractivity contribution in [1.29, 1.82) is 0 Å². The van der Waals surface area contributed by atoms with E-state index in [-0.39, 0.29) is 23.4 Å². The molecule has 9 atom stereocenters. The van der Waals surface area contributed by atoms with Gasteiger partial charge in [0, 0.05) is 0 Å². The van der Waals surface area contributed by atoms with Gasteiger partial charge in [-0.3, -0.25) is 4.55 Å². The number of fused-ring (bicyclic) bond motifs is 5. The second kappa shape index (κ2) is 9.77. The van der Waals surface area contributed by atoms with Gasteiger partial charge in [-0.05, 0) is 103 Å². The highest BCUT2D eigenvalue weighted by Gasteiger charge is 2.60. The molecule has 7 unspecified atom stereocenters. The van der Waals surface area contributed by atoms with E-state index in [0.29, 0.717) is 36.0 Å². The SMILES string of the molecule is CC(C)CCCC(COS(=O)(=O)O)C1CCC2C3CC=C4C(O)C(O)CC[C@]4(C)C3CC[C@]12C. The molecule has 34 heavy (non-hydrogen) atoms. The first-order valence-corrected chi connectivity index (χ1v) is 14.9. The molecule has 0 radical (unpaired) electrons. The molecule has 0 aliphatic heterocycles. The van der Waals surface area contributed by atoms with Crippen LogP contribution in [-0.4, -0.2) is 42.0 Å². The molecule has 6 nitrogen and oxygen atoms in total. The lowest BCUT2D eigenvalue weighted by Crippen LogP contribution is -2.54. The van der Waals surface area contributed by atoms with Gasteiger partial charge in [0.05, 0.1) is 12.7 Å². The van der Waals surface area contributed by atoms with Crippen molar-refractivity contribution in [1.82, 2.24) is 0 Å². The maximum atomic E-state index is 11.4. The van der Waals surface area contributed by atoms with Gasteiger partial charge in [-0.1, -0.05) is 46.6 Å². The van der Waals surface area contributed by atoms with Crippen LogP contribution in [0.2, 0.25) is 0 Å². The van der Waals surface area contributed by atoms with Crippen LogP contribution < -0.4 is 0 Å². The Balaban J connectivity index is 1.55. The van der Waals surface area contributed by atoms with E-state index in [1.165, 1.54) is 0 Å². The van der Waals surface area contributed by atoms with Crippen LogP contribution >= 0.6 is 0 Å². The molecular formula is C27H46O6S. The van der Waals surface area contributed by atoms with Crippen LogP contribution in [-0.2, 0) is 14.6 Å². The monoisotopic (exact) mass is 498 g/mol. The van der Waals surface area contributed by atoms with Crippen molar-refractivity contribution in [2.45, 2.75) is 104 Å². The van der Waals surface area contributed by atoms with E-state index in [2.05, 4.69) is 33.8 Å². The second-order valence-electron chi connectivity index (χ2n) is 12.8. The fourth-order valence-electron chi connectivity index (χ4n) is 8.90. The van der Waals surface area contributed by atoms with Crippen LogP contribution in [0.5, 0.6) is 0 Å². The Morgan fingerprint density at radius 3 is 2.47 bits per heavy atom. The first-order chi connectivity index (χ1) is 15.9. The number of aliphatic hydroxyl groups is 2. The summed E-state index contributed by atoms with van der Waals surface area (Å²) in [6.07, 6.45) is 11.0. The number of hydrogen-bond acceptors (Lipinski definition) is 5. The highest BCUT2D eigenvalue weighted by Crippen LogP contribution is 2.67. The van der Waals surface area contributed by atoms with E-state index in [1.807, 2.05) is 0 Å². The largest absolute Gasteiger partial charge is 0.397 e. The molecule has 0 spiro atoms. The quantitative estimate of drug-likeness (QED) is 0.315. The fourth-order valence-corrected chi connectivity index (χ4v) is 9.24. The minimum atomic E-state index is -4.44. The molecule has 0 amide bonds. The lowest BCUT2D eigenvalue weighted by atomic mass is 9.46. The fraction of sp³-hybridized carbons (Fsp3) is 0.926. The van der Waals surface area contributed by atoms with Crippen molar-refractivity contribution >= 4 is 10.4 Å². The maximum absolute atomic E-state index is 11.4. The molecule has 0 saturated heterocycles. The Hall–Kier alpha value is -0.470. The van der Waals surface area contributed by atoms with Crippen LogP contribution in [0.1, 0.15) is 91.9 Å². The average molecular weight is 499 g/mol. The van der Waals surface area contributed by atoms with Gasteiger partial charge in [0.1, 0.15) is 6.10 Å². The molecule has 4 aliphatic carbocycles. The van der Waals surface area contributed by atoms with Crippen LogP contribution in [0.15, 0.2) is 11.6 Å². The van der Waals surface area contributed by atoms with Gasteiger partial charge in [0.25, 0.3) is 0 Å². The number of rotatable bonds is 8. The van der Waals surface area contributed by atoms with Gasteiger partial charge in [-0.15, -0.1) is 0 Å². The predicted octanol–water partition coefficient (Wildman–Crippen LogP) is 5.16. The predicted molar refractivity (Wildman–Crippen MR) is 132 cm³/mol. The van der Waals surface area contributed by atoms with E-state index in [9.17, 15) is 23.2 Å². The summed E-state index contributed by atoms with van der Waals surface area (Å²) in [6.45, 7) is 9.24. The Morgan fingerprint density at radius 2 is 1.79 bits per heavy atom. The van der Waals surface area contributed by atoms with Gasteiger partial charge in [0.15, 0.2) is 0 Å². The lowest BCUT2D eigenvalue weighted by molar-refractivity contribution is -0.0824. The summed E-state index contributed by atoms with van der Waals surface area (Å²) in [5, 5.41) is 21.0. The molecule has 4 aliphatic rings. The zero-order chi connectivity index (χ0) is 24.9. The third kappa shape index (κ3) is 4.89. The minimum absolute atomic E-state index is 0.0360. The number of hydrogen-bond donors (Lipinski definition) is 3. The van der Waals surface area contributed by atoms with Crippen molar-refractivity contribution in [3.8, 4) is 0 Å². The summed E-state index contributed by atoms with van der Waals surface area (Å²) in [5.74, 6) is 2.80. The van der Waals surface area contributed by atoms with E-state index >= 15 is 0 Å². The zero-order valence-corrected chi connectivity index (χ0v) is 22.3. The minimum Gasteiger partial charge on any atom is -0.390 e. The van der Waals surface area contributed by atoms with Crippen molar-refractivity contribution < 1.29 is 27.4 Å². The number of aliphatic hydroxyl groups excluding tert-OH is 2. The van der Waals surface area contributed by atoms with Crippen molar-refractivity contribution in [2.24, 2.45) is 46.3 Å². The average Bonchev–Trinajstić information content (AvgIpc) is 3.10. The molecule has 0 aromatic carbocycles. The van der Waals surface area contributed by atoms with Crippen molar-refractivity contribution in [3.05, 3.63) is 11.6 Å². The van der Waals surface area contributed by atoms with Gasteiger partial charge >= 0.3 is 10.4 Å². The smallest absolute Gasteiger partial charge is 0.390 e. The Kier molecular flexibility index (Phi) is 7.64.